The molecule has 0 amide bonds. The van der Waals surface area contributed by atoms with E-state index in [-0.39, 0.29) is 0 Å². The van der Waals surface area contributed by atoms with Crippen LogP contribution in [0.3, 0.4) is 0 Å². The molecule has 0 saturated heterocycles. The third-order valence-corrected chi connectivity index (χ3v) is 0.747. The Labute approximate surface area is 51.0 Å². The van der Waals surface area contributed by atoms with Gasteiger partial charge in [-0.3, -0.25) is 0 Å². The molecule has 0 fully saturated rings. The Hall–Kier alpha value is -0.400. The molecule has 2 nitrogen and oxygen atoms in total. The van der Waals surface area contributed by atoms with E-state index < -0.39 is 0 Å². The average molecular weight is 114 g/mol. The minimum Gasteiger partial charge on any atom is -0.194 e. The third kappa shape index (κ3) is 5.60. The van der Waals surface area contributed by atoms with Crippen molar-refractivity contribution in [3.63, 3.8) is 0 Å². The van der Waals surface area contributed by atoms with Crippen molar-refractivity contribution in [2.24, 2.45) is 10.2 Å². The summed E-state index contributed by atoms with van der Waals surface area (Å²) in [5.74, 6) is 0. The van der Waals surface area contributed by atoms with E-state index in [0.29, 0.717) is 0 Å². The largest absolute Gasteiger partial charge is 0.194 e. The summed E-state index contributed by atoms with van der Waals surface area (Å²) in [6, 6.07) is 0. The van der Waals surface area contributed by atoms with E-state index in [9.17, 15) is 0 Å². The molecular formula is C6H14N2. The molecule has 0 N–H and O–H groups in total. The molecule has 0 aromatic rings. The zero-order valence-corrected chi connectivity index (χ0v) is 5.72. The number of nitrogens with zero attached hydrogens (tertiary/aromatic N) is 2. The van der Waals surface area contributed by atoms with Crippen LogP contribution in [0.15, 0.2) is 10.2 Å². The second kappa shape index (κ2) is 6.60. The molecule has 2 heteroatoms. The minimum atomic E-state index is 0.889. The van der Waals surface area contributed by atoms with E-state index in [1.165, 1.54) is 0 Å². The normalized spacial score (nSPS) is 10.8. The molecule has 0 aliphatic carbocycles. The van der Waals surface area contributed by atoms with Crippen molar-refractivity contribution in [1.29, 1.82) is 0 Å². The molecule has 0 aromatic carbocycles. The van der Waals surface area contributed by atoms with Gasteiger partial charge < -0.3 is 0 Å². The van der Waals surface area contributed by atoms with Gasteiger partial charge in [-0.2, -0.15) is 10.2 Å². The maximum Gasteiger partial charge on any atom is 0.0596 e. The molecule has 48 valence electrons. The Balaban J connectivity index is 2.83. The Kier molecular flexibility index (Phi) is 6.27. The van der Waals surface area contributed by atoms with Gasteiger partial charge in [-0.15, -0.1) is 0 Å². The molecule has 0 spiro atoms. The summed E-state index contributed by atoms with van der Waals surface area (Å²) in [5, 5.41) is 7.81. The van der Waals surface area contributed by atoms with Crippen LogP contribution in [0.1, 0.15) is 26.7 Å². The highest BCUT2D eigenvalue weighted by molar-refractivity contribution is 4.35. The van der Waals surface area contributed by atoms with Crippen LogP contribution in [-0.4, -0.2) is 13.1 Å². The molecule has 0 bridgehead atoms. The Morgan fingerprint density at radius 3 is 1.50 bits per heavy atom. The van der Waals surface area contributed by atoms with Gasteiger partial charge in [-0.05, 0) is 12.8 Å². The Morgan fingerprint density at radius 1 is 0.875 bits per heavy atom. The predicted octanol–water partition coefficient (Wildman–Crippen LogP) is 2.26. The van der Waals surface area contributed by atoms with Crippen molar-refractivity contribution in [3.8, 4) is 0 Å². The molecule has 0 saturated carbocycles. The molecule has 0 aromatic heterocycles. The second-order valence-corrected chi connectivity index (χ2v) is 1.73. The molecule has 0 radical (unpaired) electrons. The van der Waals surface area contributed by atoms with Crippen LogP contribution in [0, 0.1) is 0 Å². The molecule has 0 heterocycles. The molecule has 0 aliphatic heterocycles. The lowest BCUT2D eigenvalue weighted by Crippen LogP contribution is -1.75. The summed E-state index contributed by atoms with van der Waals surface area (Å²) in [7, 11) is 0. The van der Waals surface area contributed by atoms with Crippen LogP contribution >= 0.6 is 0 Å². The quantitative estimate of drug-likeness (QED) is 0.501. The van der Waals surface area contributed by atoms with Gasteiger partial charge in [0.2, 0.25) is 0 Å². The van der Waals surface area contributed by atoms with Gasteiger partial charge in [-0.1, -0.05) is 13.8 Å². The maximum absolute atomic E-state index is 3.90. The van der Waals surface area contributed by atoms with Gasteiger partial charge in [-0.25, -0.2) is 0 Å². The van der Waals surface area contributed by atoms with Crippen molar-refractivity contribution in [3.05, 3.63) is 0 Å². The standard InChI is InChI=1S/C6H14N2/c1-3-5-7-8-6-4-2/h3-6H2,1-2H3. The van der Waals surface area contributed by atoms with E-state index in [4.69, 9.17) is 0 Å². The Bertz CT molecular complexity index is 51.5. The number of rotatable bonds is 4. The van der Waals surface area contributed by atoms with Crippen LogP contribution in [-0.2, 0) is 0 Å². The summed E-state index contributed by atoms with van der Waals surface area (Å²) >= 11 is 0. The van der Waals surface area contributed by atoms with Crippen LogP contribution in [0.4, 0.5) is 0 Å². The lowest BCUT2D eigenvalue weighted by atomic mass is 10.5. The summed E-state index contributed by atoms with van der Waals surface area (Å²) in [6.45, 7) is 5.98. The van der Waals surface area contributed by atoms with E-state index in [0.717, 1.165) is 25.9 Å². The van der Waals surface area contributed by atoms with Gasteiger partial charge in [0.15, 0.2) is 0 Å². The minimum absolute atomic E-state index is 0.889. The summed E-state index contributed by atoms with van der Waals surface area (Å²) in [4.78, 5) is 0. The number of azo groups is 1. The van der Waals surface area contributed by atoms with Crippen LogP contribution in [0.5, 0.6) is 0 Å². The highest BCUT2D eigenvalue weighted by Crippen LogP contribution is 1.82. The first-order chi connectivity index (χ1) is 3.91. The van der Waals surface area contributed by atoms with Crippen LogP contribution in [0.2, 0.25) is 0 Å². The first-order valence-electron chi connectivity index (χ1n) is 3.25. The van der Waals surface area contributed by atoms with E-state index in [2.05, 4.69) is 24.1 Å². The van der Waals surface area contributed by atoms with Crippen LogP contribution in [0.25, 0.3) is 0 Å². The zero-order valence-electron chi connectivity index (χ0n) is 5.72. The monoisotopic (exact) mass is 114 g/mol. The first kappa shape index (κ1) is 7.60. The molecule has 0 aliphatic rings. The lowest BCUT2D eigenvalue weighted by molar-refractivity contribution is 0.792. The average Bonchev–Trinajstić information content (AvgIpc) is 1.81. The van der Waals surface area contributed by atoms with E-state index in [1.807, 2.05) is 0 Å². The third-order valence-electron chi connectivity index (χ3n) is 0.747. The fourth-order valence-electron chi connectivity index (χ4n) is 0.341. The summed E-state index contributed by atoms with van der Waals surface area (Å²) < 4.78 is 0. The van der Waals surface area contributed by atoms with Gasteiger partial charge in [0.25, 0.3) is 0 Å². The smallest absolute Gasteiger partial charge is 0.0596 e. The van der Waals surface area contributed by atoms with Crippen molar-refractivity contribution < 1.29 is 0 Å². The molecule has 8 heavy (non-hydrogen) atoms. The van der Waals surface area contributed by atoms with E-state index in [1.54, 1.807) is 0 Å². The van der Waals surface area contributed by atoms with Crippen LogP contribution < -0.4 is 0 Å². The fraction of sp³-hybridized carbons (Fsp3) is 1.00. The second-order valence-electron chi connectivity index (χ2n) is 1.73. The zero-order chi connectivity index (χ0) is 6.24. The van der Waals surface area contributed by atoms with Gasteiger partial charge in [0.05, 0.1) is 13.1 Å². The number of hydrogen-bond acceptors (Lipinski definition) is 2. The van der Waals surface area contributed by atoms with Crippen molar-refractivity contribution >= 4 is 0 Å². The molecule has 0 rings (SSSR count). The highest BCUT2D eigenvalue weighted by Gasteiger charge is 1.73. The summed E-state index contributed by atoms with van der Waals surface area (Å²) in [5.41, 5.74) is 0. The highest BCUT2D eigenvalue weighted by atomic mass is 15.1. The van der Waals surface area contributed by atoms with E-state index >= 15 is 0 Å². The lowest BCUT2D eigenvalue weighted by Gasteiger charge is -1.83. The van der Waals surface area contributed by atoms with Crippen molar-refractivity contribution in [1.82, 2.24) is 0 Å². The molecule has 0 atom stereocenters. The predicted molar refractivity (Wildman–Crippen MR) is 35.2 cm³/mol. The topological polar surface area (TPSA) is 24.7 Å². The van der Waals surface area contributed by atoms with Gasteiger partial charge in [0.1, 0.15) is 0 Å². The van der Waals surface area contributed by atoms with Crippen molar-refractivity contribution in [2.75, 3.05) is 13.1 Å². The molecular weight excluding hydrogens is 100 g/mol. The van der Waals surface area contributed by atoms with Gasteiger partial charge >= 0.3 is 0 Å². The first-order valence-corrected chi connectivity index (χ1v) is 3.25. The summed E-state index contributed by atoms with van der Waals surface area (Å²) in [6.07, 6.45) is 2.21. The SMILES string of the molecule is CCCN=NCCC. The number of hydrogen-bond donors (Lipinski definition) is 0. The van der Waals surface area contributed by atoms with Crippen molar-refractivity contribution in [2.45, 2.75) is 26.7 Å². The maximum atomic E-state index is 3.90. The fourth-order valence-corrected chi connectivity index (χ4v) is 0.341. The van der Waals surface area contributed by atoms with Gasteiger partial charge in [0, 0.05) is 0 Å². The Morgan fingerprint density at radius 2 is 1.25 bits per heavy atom. The molecule has 0 unspecified atom stereocenters.